The van der Waals surface area contributed by atoms with Crippen molar-refractivity contribution in [2.75, 3.05) is 20.3 Å². The second-order valence-corrected chi connectivity index (χ2v) is 5.20. The number of urea groups is 1. The van der Waals surface area contributed by atoms with Gasteiger partial charge in [-0.2, -0.15) is 0 Å². The minimum absolute atomic E-state index is 0.0283. The van der Waals surface area contributed by atoms with Gasteiger partial charge < -0.3 is 25.2 Å². The number of hydrogen-bond donors (Lipinski definition) is 3. The fourth-order valence-electron chi connectivity index (χ4n) is 2.12. The molecule has 120 valence electrons. The monoisotopic (exact) mass is 302 g/mol. The maximum atomic E-state index is 12.2. The molecule has 0 spiro atoms. The Hall–Kier alpha value is -1.83. The Bertz CT molecular complexity index is 396. The Morgan fingerprint density at radius 2 is 1.95 bits per heavy atom. The first kappa shape index (κ1) is 17.2. The van der Waals surface area contributed by atoms with Crippen LogP contribution in [0.4, 0.5) is 4.79 Å². The number of carbonyl (C=O) groups excluding carboxylic acids is 1. The Kier molecular flexibility index (Phi) is 6.41. The van der Waals surface area contributed by atoms with Gasteiger partial charge in [0.25, 0.3) is 0 Å². The maximum absolute atomic E-state index is 12.2. The predicted octanol–water partition coefficient (Wildman–Crippen LogP) is 0.371. The van der Waals surface area contributed by atoms with E-state index in [0.717, 1.165) is 12.8 Å². The van der Waals surface area contributed by atoms with Crippen LogP contribution < -0.4 is 5.32 Å². The molecule has 8 heteroatoms. The molecule has 0 aliphatic heterocycles. The van der Waals surface area contributed by atoms with Crippen molar-refractivity contribution in [2.24, 2.45) is 5.92 Å². The number of nitrogens with zero attached hydrogens (tertiary/aromatic N) is 1. The highest BCUT2D eigenvalue weighted by Crippen LogP contribution is 2.35. The van der Waals surface area contributed by atoms with Crippen LogP contribution in [0.5, 0.6) is 0 Å². The molecule has 3 N–H and O–H groups in total. The van der Waals surface area contributed by atoms with Crippen LogP contribution in [0.3, 0.4) is 0 Å². The number of carboxylic acid groups (broad SMARTS) is 2. The first-order valence-corrected chi connectivity index (χ1v) is 6.87. The molecule has 2 atom stereocenters. The van der Waals surface area contributed by atoms with E-state index in [1.165, 1.54) is 12.0 Å². The number of nitrogens with one attached hydrogen (secondary N) is 1. The zero-order valence-electron chi connectivity index (χ0n) is 12.2. The van der Waals surface area contributed by atoms with E-state index in [1.54, 1.807) is 0 Å². The molecule has 0 aromatic carbocycles. The number of carbonyl (C=O) groups is 3. The lowest BCUT2D eigenvalue weighted by Crippen LogP contribution is -2.52. The topological polar surface area (TPSA) is 116 Å². The lowest BCUT2D eigenvalue weighted by Gasteiger charge is -2.30. The first-order valence-electron chi connectivity index (χ1n) is 6.87. The Labute approximate surface area is 123 Å². The zero-order chi connectivity index (χ0) is 16.0. The average molecular weight is 302 g/mol. The van der Waals surface area contributed by atoms with Gasteiger partial charge in [-0.1, -0.05) is 0 Å². The maximum Gasteiger partial charge on any atom is 0.326 e. The van der Waals surface area contributed by atoms with Crippen LogP contribution in [0.2, 0.25) is 0 Å². The van der Waals surface area contributed by atoms with Gasteiger partial charge in [-0.15, -0.1) is 0 Å². The molecule has 1 unspecified atom stereocenters. The molecular weight excluding hydrogens is 280 g/mol. The molecule has 0 radical (unpaired) electrons. The number of hydrogen-bond acceptors (Lipinski definition) is 4. The van der Waals surface area contributed by atoms with Crippen molar-refractivity contribution in [3.05, 3.63) is 0 Å². The summed E-state index contributed by atoms with van der Waals surface area (Å²) in [6.07, 6.45) is 1.42. The number of rotatable bonds is 9. The summed E-state index contributed by atoms with van der Waals surface area (Å²) in [6.45, 7) is 2.57. The molecule has 8 nitrogen and oxygen atoms in total. The van der Waals surface area contributed by atoms with Crippen molar-refractivity contribution in [1.29, 1.82) is 0 Å². The Morgan fingerprint density at radius 3 is 2.38 bits per heavy atom. The fourth-order valence-corrected chi connectivity index (χ4v) is 2.12. The lowest BCUT2D eigenvalue weighted by atomic mass is 10.2. The van der Waals surface area contributed by atoms with Gasteiger partial charge >= 0.3 is 18.0 Å². The number of aliphatic carboxylic acids is 2. The predicted molar refractivity (Wildman–Crippen MR) is 73.0 cm³/mol. The van der Waals surface area contributed by atoms with Crippen molar-refractivity contribution in [3.63, 3.8) is 0 Å². The molecule has 1 saturated carbocycles. The standard InChI is InChI=1S/C13H22N2O6/c1-8(9-3-4-9)15(5-6-21-2)13(20)14-10(12(18)19)7-11(16)17/h8-10H,3-7H2,1-2H3,(H,14,20)(H,16,17)(H,18,19)/t8?,10-/m1/s1. The van der Waals surface area contributed by atoms with Crippen LogP contribution in [0, 0.1) is 5.92 Å². The third-order valence-corrected chi connectivity index (χ3v) is 3.57. The molecule has 0 aromatic heterocycles. The summed E-state index contributed by atoms with van der Waals surface area (Å²) in [5, 5.41) is 19.9. The van der Waals surface area contributed by atoms with Gasteiger partial charge in [0.15, 0.2) is 0 Å². The third-order valence-electron chi connectivity index (χ3n) is 3.57. The molecule has 1 rings (SSSR count). The number of carboxylic acids is 2. The summed E-state index contributed by atoms with van der Waals surface area (Å²) >= 11 is 0. The highest BCUT2D eigenvalue weighted by atomic mass is 16.5. The molecule has 1 aliphatic carbocycles. The van der Waals surface area contributed by atoms with Crippen LogP contribution in [0.25, 0.3) is 0 Å². The number of ether oxygens (including phenoxy) is 1. The molecule has 0 bridgehead atoms. The molecule has 1 aliphatic rings. The number of amides is 2. The molecule has 0 saturated heterocycles. The average Bonchev–Trinajstić information content (AvgIpc) is 3.21. The van der Waals surface area contributed by atoms with Crippen molar-refractivity contribution < 1.29 is 29.3 Å². The lowest BCUT2D eigenvalue weighted by molar-refractivity contribution is -0.145. The van der Waals surface area contributed by atoms with Crippen LogP contribution in [-0.4, -0.2) is 65.4 Å². The largest absolute Gasteiger partial charge is 0.481 e. The van der Waals surface area contributed by atoms with Crippen molar-refractivity contribution in [3.8, 4) is 0 Å². The smallest absolute Gasteiger partial charge is 0.326 e. The summed E-state index contributed by atoms with van der Waals surface area (Å²) in [7, 11) is 1.52. The summed E-state index contributed by atoms with van der Waals surface area (Å²) in [5.41, 5.74) is 0. The minimum atomic E-state index is -1.44. The van der Waals surface area contributed by atoms with E-state index in [9.17, 15) is 14.4 Å². The van der Waals surface area contributed by atoms with Crippen LogP contribution in [0.15, 0.2) is 0 Å². The van der Waals surface area contributed by atoms with Crippen molar-refractivity contribution >= 4 is 18.0 Å². The van der Waals surface area contributed by atoms with Gasteiger partial charge in [-0.05, 0) is 25.7 Å². The van der Waals surface area contributed by atoms with Gasteiger partial charge in [0.05, 0.1) is 13.0 Å². The van der Waals surface area contributed by atoms with Gasteiger partial charge in [0, 0.05) is 19.7 Å². The highest BCUT2D eigenvalue weighted by Gasteiger charge is 2.35. The van der Waals surface area contributed by atoms with E-state index >= 15 is 0 Å². The summed E-state index contributed by atoms with van der Waals surface area (Å²) in [6, 6.07) is -2.04. The molecule has 1 fully saturated rings. The first-order chi connectivity index (χ1) is 9.86. The van der Waals surface area contributed by atoms with E-state index in [0.29, 0.717) is 19.1 Å². The second-order valence-electron chi connectivity index (χ2n) is 5.20. The number of methoxy groups -OCH3 is 1. The molecule has 2 amide bonds. The molecule has 21 heavy (non-hydrogen) atoms. The van der Waals surface area contributed by atoms with Crippen LogP contribution in [-0.2, 0) is 14.3 Å². The quantitative estimate of drug-likeness (QED) is 0.566. The van der Waals surface area contributed by atoms with Gasteiger partial charge in [-0.25, -0.2) is 9.59 Å². The van der Waals surface area contributed by atoms with Crippen molar-refractivity contribution in [2.45, 2.75) is 38.3 Å². The SMILES string of the molecule is COCCN(C(=O)N[C@H](CC(=O)O)C(=O)O)C(C)C1CC1. The van der Waals surface area contributed by atoms with Gasteiger partial charge in [0.2, 0.25) is 0 Å². The Balaban J connectivity index is 2.68. The van der Waals surface area contributed by atoms with E-state index < -0.39 is 30.4 Å². The summed E-state index contributed by atoms with van der Waals surface area (Å²) in [4.78, 5) is 35.4. The van der Waals surface area contributed by atoms with E-state index in [1.807, 2.05) is 6.92 Å². The van der Waals surface area contributed by atoms with E-state index in [4.69, 9.17) is 14.9 Å². The van der Waals surface area contributed by atoms with E-state index in [-0.39, 0.29) is 6.04 Å². The van der Waals surface area contributed by atoms with Gasteiger partial charge in [0.1, 0.15) is 6.04 Å². The van der Waals surface area contributed by atoms with Crippen LogP contribution in [0.1, 0.15) is 26.2 Å². The summed E-state index contributed by atoms with van der Waals surface area (Å²) in [5.74, 6) is -2.23. The van der Waals surface area contributed by atoms with Crippen molar-refractivity contribution in [1.82, 2.24) is 10.2 Å². The molecule has 0 heterocycles. The minimum Gasteiger partial charge on any atom is -0.481 e. The third kappa shape index (κ3) is 5.58. The van der Waals surface area contributed by atoms with Crippen LogP contribution >= 0.6 is 0 Å². The molecule has 0 aromatic rings. The summed E-state index contributed by atoms with van der Waals surface area (Å²) < 4.78 is 4.96. The zero-order valence-corrected chi connectivity index (χ0v) is 12.2. The molecular formula is C13H22N2O6. The fraction of sp³-hybridized carbons (Fsp3) is 0.769. The van der Waals surface area contributed by atoms with Gasteiger partial charge in [-0.3, -0.25) is 4.79 Å². The van der Waals surface area contributed by atoms with E-state index in [2.05, 4.69) is 5.32 Å². The Morgan fingerprint density at radius 1 is 1.33 bits per heavy atom. The normalized spacial score (nSPS) is 16.9. The second kappa shape index (κ2) is 7.82. The highest BCUT2D eigenvalue weighted by molar-refractivity contribution is 5.86.